The van der Waals surface area contributed by atoms with Crippen LogP contribution in [-0.2, 0) is 25.7 Å². The highest BCUT2D eigenvalue weighted by Crippen LogP contribution is 2.58. The molecule has 42 heavy (non-hydrogen) atoms. The van der Waals surface area contributed by atoms with Gasteiger partial charge in [0.2, 0.25) is 11.8 Å². The summed E-state index contributed by atoms with van der Waals surface area (Å²) >= 11 is 6.55. The molecule has 4 heterocycles. The zero-order valence-corrected chi connectivity index (χ0v) is 24.8. The van der Waals surface area contributed by atoms with Gasteiger partial charge in [0.05, 0.1) is 40.8 Å². The third-order valence-corrected chi connectivity index (χ3v) is 9.57. The molecule has 9 heteroatoms. The molecule has 8 nitrogen and oxygen atoms in total. The van der Waals surface area contributed by atoms with Gasteiger partial charge >= 0.3 is 0 Å². The summed E-state index contributed by atoms with van der Waals surface area (Å²) in [4.78, 5) is 48.5. The summed E-state index contributed by atoms with van der Waals surface area (Å²) < 4.78 is 6.91. The summed E-state index contributed by atoms with van der Waals surface area (Å²) in [6, 6.07) is 15.1. The van der Waals surface area contributed by atoms with E-state index >= 15 is 0 Å². The number of halogens is 1. The highest BCUT2D eigenvalue weighted by Gasteiger charge is 2.75. The Morgan fingerprint density at radius 1 is 0.929 bits per heavy atom. The van der Waals surface area contributed by atoms with Gasteiger partial charge in [0.1, 0.15) is 11.6 Å². The lowest BCUT2D eigenvalue weighted by atomic mass is 9.74. The number of carbonyl (C=O) groups is 3. The van der Waals surface area contributed by atoms with Crippen LogP contribution in [0.3, 0.4) is 0 Å². The number of aliphatic hydroxyl groups excluding tert-OH is 1. The van der Waals surface area contributed by atoms with Gasteiger partial charge in [-0.3, -0.25) is 14.4 Å². The highest BCUT2D eigenvalue weighted by molar-refractivity contribution is 6.34. The summed E-state index contributed by atoms with van der Waals surface area (Å²) in [6.07, 6.45) is 7.44. The van der Waals surface area contributed by atoms with Gasteiger partial charge in [-0.2, -0.15) is 0 Å². The number of ether oxygens (including phenoxy) is 1. The monoisotopic (exact) mass is 589 g/mol. The number of benzene rings is 2. The number of para-hydroxylation sites is 1. The predicted molar refractivity (Wildman–Crippen MR) is 159 cm³/mol. The first kappa shape index (κ1) is 28.6. The van der Waals surface area contributed by atoms with Gasteiger partial charge in [0.15, 0.2) is 0 Å². The van der Waals surface area contributed by atoms with E-state index < -0.39 is 35.1 Å². The maximum Gasteiger partial charge on any atom is 0.253 e. The standard InChI is InChI=1S/C33H36ClN3O5/c1-21(2)25(20-38)37-28-31(41)36(24-14-8-7-13-23(24)34)18-10-16-33(28)27(30(37)40)26-29(39)35(17-9-15-32(26,3)42-33)19-22-11-5-4-6-12-22/h4-16,21,25-28,38H,17-20H2,1-3H3/t25-,26+,27-,28?,32-,33-/m0/s1. The second-order valence-electron chi connectivity index (χ2n) is 12.1. The van der Waals surface area contributed by atoms with Crippen LogP contribution in [0.1, 0.15) is 26.3 Å². The van der Waals surface area contributed by atoms with Gasteiger partial charge in [-0.15, -0.1) is 0 Å². The molecule has 2 saturated heterocycles. The van der Waals surface area contributed by atoms with Gasteiger partial charge in [0.25, 0.3) is 5.91 Å². The van der Waals surface area contributed by atoms with Crippen LogP contribution in [0.5, 0.6) is 0 Å². The summed E-state index contributed by atoms with van der Waals surface area (Å²) in [5.41, 5.74) is -1.03. The normalized spacial score (nSPS) is 31.2. The summed E-state index contributed by atoms with van der Waals surface area (Å²) in [5.74, 6) is -2.89. The van der Waals surface area contributed by atoms with Crippen molar-refractivity contribution in [1.82, 2.24) is 9.80 Å². The molecule has 0 aliphatic carbocycles. The number of amides is 3. The molecule has 4 aliphatic rings. The SMILES string of the molecule is CC(C)[C@H](CO)N1C(=O)[C@@H]2[C@@H]3C(=O)N(Cc4ccccc4)CC=C[C@]3(C)O[C@@]23C=CCN(c2ccccc2Cl)C(=O)C13. The third kappa shape index (κ3) is 4.31. The average molecular weight is 590 g/mol. The van der Waals surface area contributed by atoms with Crippen LogP contribution >= 0.6 is 11.6 Å². The minimum atomic E-state index is -1.42. The summed E-state index contributed by atoms with van der Waals surface area (Å²) in [6.45, 7) is 6.30. The number of hydrogen-bond donors (Lipinski definition) is 1. The number of nitrogens with zero attached hydrogens (tertiary/aromatic N) is 3. The highest BCUT2D eigenvalue weighted by atomic mass is 35.5. The lowest BCUT2D eigenvalue weighted by molar-refractivity contribution is -0.152. The van der Waals surface area contributed by atoms with Crippen LogP contribution in [0.4, 0.5) is 5.69 Å². The van der Waals surface area contributed by atoms with Crippen LogP contribution in [0, 0.1) is 17.8 Å². The zero-order chi connectivity index (χ0) is 29.8. The Bertz CT molecular complexity index is 1460. The van der Waals surface area contributed by atoms with E-state index in [4.69, 9.17) is 16.3 Å². The first-order chi connectivity index (χ1) is 20.1. The zero-order valence-electron chi connectivity index (χ0n) is 24.0. The molecule has 2 aromatic rings. The molecule has 6 atom stereocenters. The summed E-state index contributed by atoms with van der Waals surface area (Å²) in [7, 11) is 0. The first-order valence-corrected chi connectivity index (χ1v) is 14.9. The molecule has 0 radical (unpaired) electrons. The maximum atomic E-state index is 14.7. The fourth-order valence-corrected chi connectivity index (χ4v) is 7.56. The van der Waals surface area contributed by atoms with Crippen molar-refractivity contribution in [2.75, 3.05) is 24.6 Å². The number of anilines is 1. The van der Waals surface area contributed by atoms with Crippen molar-refractivity contribution < 1.29 is 24.2 Å². The Morgan fingerprint density at radius 3 is 2.31 bits per heavy atom. The van der Waals surface area contributed by atoms with Crippen molar-refractivity contribution in [2.24, 2.45) is 17.8 Å². The summed E-state index contributed by atoms with van der Waals surface area (Å²) in [5, 5.41) is 10.9. The molecule has 1 spiro atoms. The Balaban J connectivity index is 1.48. The molecule has 6 rings (SSSR count). The van der Waals surface area contributed by atoms with Gasteiger partial charge < -0.3 is 24.5 Å². The van der Waals surface area contributed by atoms with E-state index in [2.05, 4.69) is 0 Å². The fraction of sp³-hybridized carbons (Fsp3) is 0.424. The van der Waals surface area contributed by atoms with E-state index in [1.165, 1.54) is 4.90 Å². The van der Waals surface area contributed by atoms with E-state index in [0.29, 0.717) is 23.8 Å². The van der Waals surface area contributed by atoms with Crippen LogP contribution in [0.2, 0.25) is 5.02 Å². The number of likely N-dealkylation sites (tertiary alicyclic amines) is 1. The second-order valence-corrected chi connectivity index (χ2v) is 12.6. The van der Waals surface area contributed by atoms with Crippen LogP contribution < -0.4 is 4.90 Å². The maximum absolute atomic E-state index is 14.7. The van der Waals surface area contributed by atoms with Crippen molar-refractivity contribution in [3.8, 4) is 0 Å². The molecule has 1 N–H and O–H groups in total. The molecule has 0 bridgehead atoms. The van der Waals surface area contributed by atoms with Crippen LogP contribution in [0.15, 0.2) is 78.9 Å². The van der Waals surface area contributed by atoms with Gasteiger partial charge in [0, 0.05) is 19.6 Å². The van der Waals surface area contributed by atoms with E-state index in [1.807, 2.05) is 75.4 Å². The van der Waals surface area contributed by atoms with E-state index in [9.17, 15) is 19.5 Å². The van der Waals surface area contributed by atoms with E-state index in [1.54, 1.807) is 34.1 Å². The van der Waals surface area contributed by atoms with Crippen molar-refractivity contribution in [3.05, 3.63) is 89.5 Å². The van der Waals surface area contributed by atoms with Gasteiger partial charge in [-0.1, -0.05) is 92.2 Å². The molecule has 4 aliphatic heterocycles. The lowest BCUT2D eigenvalue weighted by Crippen LogP contribution is -2.59. The molecule has 0 saturated carbocycles. The molecule has 2 aromatic carbocycles. The smallest absolute Gasteiger partial charge is 0.253 e. The van der Waals surface area contributed by atoms with Gasteiger partial charge in [-0.25, -0.2) is 0 Å². The molecule has 220 valence electrons. The molecular weight excluding hydrogens is 554 g/mol. The largest absolute Gasteiger partial charge is 0.394 e. The van der Waals surface area contributed by atoms with Crippen molar-refractivity contribution in [3.63, 3.8) is 0 Å². The number of hydrogen-bond acceptors (Lipinski definition) is 5. The number of aliphatic hydroxyl groups is 1. The molecule has 3 amide bonds. The van der Waals surface area contributed by atoms with E-state index in [0.717, 1.165) is 5.56 Å². The Morgan fingerprint density at radius 2 is 1.62 bits per heavy atom. The quantitative estimate of drug-likeness (QED) is 0.517. The first-order valence-electron chi connectivity index (χ1n) is 14.5. The lowest BCUT2D eigenvalue weighted by Gasteiger charge is -2.41. The fourth-order valence-electron chi connectivity index (χ4n) is 7.32. The molecule has 0 aromatic heterocycles. The van der Waals surface area contributed by atoms with Crippen molar-refractivity contribution in [1.29, 1.82) is 0 Å². The predicted octanol–water partition coefficient (Wildman–Crippen LogP) is 3.83. The Kier molecular flexibility index (Phi) is 7.28. The van der Waals surface area contributed by atoms with Gasteiger partial charge in [-0.05, 0) is 30.5 Å². The van der Waals surface area contributed by atoms with Crippen LogP contribution in [-0.4, -0.2) is 75.6 Å². The Labute approximate surface area is 251 Å². The minimum Gasteiger partial charge on any atom is -0.394 e. The topological polar surface area (TPSA) is 90.4 Å². The minimum absolute atomic E-state index is 0.158. The number of fused-ring (bicyclic) bond motifs is 2. The van der Waals surface area contributed by atoms with Crippen LogP contribution in [0.25, 0.3) is 0 Å². The molecule has 1 unspecified atom stereocenters. The molecule has 2 fully saturated rings. The third-order valence-electron chi connectivity index (χ3n) is 9.25. The average Bonchev–Trinajstić information content (AvgIpc) is 3.23. The number of carbonyl (C=O) groups excluding carboxylic acids is 3. The van der Waals surface area contributed by atoms with Crippen molar-refractivity contribution in [2.45, 2.75) is 50.6 Å². The second kappa shape index (κ2) is 10.7. The number of rotatable bonds is 6. The van der Waals surface area contributed by atoms with E-state index in [-0.39, 0.29) is 36.8 Å². The molecular formula is C33H36ClN3O5. The Hall–Kier alpha value is -3.46. The van der Waals surface area contributed by atoms with Crippen molar-refractivity contribution >= 4 is 35.0 Å².